The first-order chi connectivity index (χ1) is 9.60. The summed E-state index contributed by atoms with van der Waals surface area (Å²) in [7, 11) is 0. The topological polar surface area (TPSA) is 54.7 Å². The molecule has 1 aromatic carbocycles. The van der Waals surface area contributed by atoms with Crippen molar-refractivity contribution in [2.24, 2.45) is 5.16 Å². The summed E-state index contributed by atoms with van der Waals surface area (Å²) in [5.74, 6) is -0.0952. The Morgan fingerprint density at radius 3 is 2.90 bits per heavy atom. The molecule has 20 heavy (non-hydrogen) atoms. The molecule has 0 spiro atoms. The smallest absolute Gasteiger partial charge is 0.131 e. The molecule has 2 aromatic rings. The van der Waals surface area contributed by atoms with Gasteiger partial charge >= 0.3 is 0 Å². The Morgan fingerprint density at radius 2 is 2.20 bits per heavy atom. The van der Waals surface area contributed by atoms with Crippen LogP contribution in [0.4, 0.5) is 4.39 Å². The van der Waals surface area contributed by atoms with Gasteiger partial charge in [0.2, 0.25) is 0 Å². The van der Waals surface area contributed by atoms with Crippen molar-refractivity contribution in [1.82, 2.24) is 4.98 Å². The van der Waals surface area contributed by atoms with Crippen molar-refractivity contribution in [2.45, 2.75) is 13.5 Å². The minimum Gasteiger partial charge on any atom is -0.488 e. The lowest BCUT2D eigenvalue weighted by Crippen LogP contribution is -2.03. The zero-order valence-electron chi connectivity index (χ0n) is 10.7. The molecule has 104 valence electrons. The van der Waals surface area contributed by atoms with E-state index in [1.54, 1.807) is 19.3 Å². The average molecular weight is 339 g/mol. The number of aromatic nitrogens is 1. The molecule has 6 heteroatoms. The minimum absolute atomic E-state index is 0.238. The Hall–Kier alpha value is -1.95. The van der Waals surface area contributed by atoms with Gasteiger partial charge in [0.05, 0.1) is 5.71 Å². The highest BCUT2D eigenvalue weighted by molar-refractivity contribution is 9.10. The van der Waals surface area contributed by atoms with Gasteiger partial charge in [-0.05, 0) is 41.1 Å². The van der Waals surface area contributed by atoms with Gasteiger partial charge in [0.25, 0.3) is 0 Å². The molecule has 0 amide bonds. The Morgan fingerprint density at radius 1 is 1.40 bits per heavy atom. The SMILES string of the molecule is C/C(=N/O)c1ccc(F)cc1OCc1cncc(Br)c1. The zero-order valence-corrected chi connectivity index (χ0v) is 12.3. The molecule has 0 aliphatic heterocycles. The van der Waals surface area contributed by atoms with Crippen LogP contribution in [0.1, 0.15) is 18.1 Å². The fourth-order valence-electron chi connectivity index (χ4n) is 1.66. The van der Waals surface area contributed by atoms with Gasteiger partial charge < -0.3 is 9.94 Å². The van der Waals surface area contributed by atoms with Crippen LogP contribution in [0, 0.1) is 5.82 Å². The molecule has 0 radical (unpaired) electrons. The fraction of sp³-hybridized carbons (Fsp3) is 0.143. The first kappa shape index (κ1) is 14.5. The molecule has 1 heterocycles. The highest BCUT2D eigenvalue weighted by Crippen LogP contribution is 2.22. The van der Waals surface area contributed by atoms with E-state index in [0.717, 1.165) is 10.0 Å². The Bertz CT molecular complexity index is 647. The molecule has 0 atom stereocenters. The second kappa shape index (κ2) is 6.47. The summed E-state index contributed by atoms with van der Waals surface area (Å²) in [5, 5.41) is 11.9. The van der Waals surface area contributed by atoms with Gasteiger partial charge in [-0.3, -0.25) is 4.98 Å². The number of ether oxygens (including phenoxy) is 1. The predicted molar refractivity (Wildman–Crippen MR) is 76.7 cm³/mol. The van der Waals surface area contributed by atoms with Crippen molar-refractivity contribution in [1.29, 1.82) is 0 Å². The summed E-state index contributed by atoms with van der Waals surface area (Å²) in [4.78, 5) is 4.02. The molecule has 0 aliphatic rings. The maximum absolute atomic E-state index is 13.3. The second-order valence-electron chi connectivity index (χ2n) is 4.13. The summed E-state index contributed by atoms with van der Waals surface area (Å²) >= 11 is 3.32. The molecule has 0 saturated carbocycles. The lowest BCUT2D eigenvalue weighted by molar-refractivity contribution is 0.301. The van der Waals surface area contributed by atoms with Crippen molar-refractivity contribution >= 4 is 21.6 Å². The Kier molecular flexibility index (Phi) is 4.68. The summed E-state index contributed by atoms with van der Waals surface area (Å²) in [5.41, 5.74) is 1.73. The zero-order chi connectivity index (χ0) is 14.5. The van der Waals surface area contributed by atoms with E-state index in [1.807, 2.05) is 6.07 Å². The summed E-state index contributed by atoms with van der Waals surface area (Å²) < 4.78 is 19.7. The average Bonchev–Trinajstić information content (AvgIpc) is 2.44. The molecule has 2 rings (SSSR count). The third kappa shape index (κ3) is 3.54. The van der Waals surface area contributed by atoms with E-state index in [-0.39, 0.29) is 6.61 Å². The lowest BCUT2D eigenvalue weighted by atomic mass is 10.1. The molecule has 1 N–H and O–H groups in total. The van der Waals surface area contributed by atoms with E-state index in [9.17, 15) is 4.39 Å². The Labute approximate surface area is 124 Å². The monoisotopic (exact) mass is 338 g/mol. The quantitative estimate of drug-likeness (QED) is 0.524. The van der Waals surface area contributed by atoms with Gasteiger partial charge in [-0.15, -0.1) is 0 Å². The van der Waals surface area contributed by atoms with Crippen LogP contribution in [0.25, 0.3) is 0 Å². The van der Waals surface area contributed by atoms with Crippen molar-refractivity contribution < 1.29 is 14.3 Å². The molecule has 4 nitrogen and oxygen atoms in total. The van der Waals surface area contributed by atoms with Crippen LogP contribution < -0.4 is 4.74 Å². The van der Waals surface area contributed by atoms with Crippen LogP contribution in [0.15, 0.2) is 46.3 Å². The maximum atomic E-state index is 13.3. The molecule has 0 fully saturated rings. The number of rotatable bonds is 4. The maximum Gasteiger partial charge on any atom is 0.131 e. The van der Waals surface area contributed by atoms with Crippen molar-refractivity contribution in [3.8, 4) is 5.75 Å². The summed E-state index contributed by atoms with van der Waals surface area (Å²) in [6.07, 6.45) is 3.33. The lowest BCUT2D eigenvalue weighted by Gasteiger charge is -2.11. The molecular formula is C14H12BrFN2O2. The van der Waals surface area contributed by atoms with Crippen molar-refractivity contribution in [3.05, 3.63) is 58.1 Å². The number of nitrogens with zero attached hydrogens (tertiary/aromatic N) is 2. The third-order valence-corrected chi connectivity index (χ3v) is 3.07. The van der Waals surface area contributed by atoms with E-state index >= 15 is 0 Å². The third-order valence-electron chi connectivity index (χ3n) is 2.64. The molecule has 0 bridgehead atoms. The number of hydrogen-bond donors (Lipinski definition) is 1. The highest BCUT2D eigenvalue weighted by Gasteiger charge is 2.09. The van der Waals surface area contributed by atoms with Gasteiger partial charge in [-0.25, -0.2) is 4.39 Å². The van der Waals surface area contributed by atoms with Crippen LogP contribution >= 0.6 is 15.9 Å². The second-order valence-corrected chi connectivity index (χ2v) is 5.04. The standard InChI is InChI=1S/C14H12BrFN2O2/c1-9(18-19)13-3-2-12(16)5-14(13)20-8-10-4-11(15)7-17-6-10/h2-7,19H,8H2,1H3/b18-9-. The van der Waals surface area contributed by atoms with Crippen LogP contribution in [0.5, 0.6) is 5.75 Å². The van der Waals surface area contributed by atoms with Gasteiger partial charge in [0.15, 0.2) is 0 Å². The number of halogens is 2. The van der Waals surface area contributed by atoms with Gasteiger partial charge in [-0.2, -0.15) is 0 Å². The van der Waals surface area contributed by atoms with Crippen LogP contribution in [-0.2, 0) is 6.61 Å². The summed E-state index contributed by atoms with van der Waals surface area (Å²) in [6, 6.07) is 5.92. The normalized spacial score (nSPS) is 11.4. The van der Waals surface area contributed by atoms with Crippen LogP contribution in [0.3, 0.4) is 0 Å². The van der Waals surface area contributed by atoms with E-state index < -0.39 is 5.82 Å². The molecular weight excluding hydrogens is 327 g/mol. The predicted octanol–water partition coefficient (Wildman–Crippen LogP) is 3.76. The molecule has 0 unspecified atom stereocenters. The fourth-order valence-corrected chi connectivity index (χ4v) is 2.08. The van der Waals surface area contributed by atoms with Crippen molar-refractivity contribution in [3.63, 3.8) is 0 Å². The van der Waals surface area contributed by atoms with Gasteiger partial charge in [0, 0.05) is 34.1 Å². The van der Waals surface area contributed by atoms with Gasteiger partial charge in [0.1, 0.15) is 18.2 Å². The number of hydrogen-bond acceptors (Lipinski definition) is 4. The van der Waals surface area contributed by atoms with Crippen LogP contribution in [0.2, 0.25) is 0 Å². The first-order valence-corrected chi connectivity index (χ1v) is 6.60. The number of oxime groups is 1. The van der Waals surface area contributed by atoms with Gasteiger partial charge in [-0.1, -0.05) is 5.16 Å². The Balaban J connectivity index is 2.22. The van der Waals surface area contributed by atoms with E-state index in [2.05, 4.69) is 26.1 Å². The molecule has 1 aromatic heterocycles. The van der Waals surface area contributed by atoms with Crippen molar-refractivity contribution in [2.75, 3.05) is 0 Å². The van der Waals surface area contributed by atoms with E-state index in [4.69, 9.17) is 9.94 Å². The van der Waals surface area contributed by atoms with E-state index in [0.29, 0.717) is 17.0 Å². The minimum atomic E-state index is -0.415. The first-order valence-electron chi connectivity index (χ1n) is 5.81. The molecule has 0 saturated heterocycles. The number of benzene rings is 1. The summed E-state index contributed by atoms with van der Waals surface area (Å²) in [6.45, 7) is 1.85. The largest absolute Gasteiger partial charge is 0.488 e. The number of pyridine rings is 1. The van der Waals surface area contributed by atoms with E-state index in [1.165, 1.54) is 18.2 Å². The highest BCUT2D eigenvalue weighted by atomic mass is 79.9. The molecule has 0 aliphatic carbocycles. The van der Waals surface area contributed by atoms with Crippen LogP contribution in [-0.4, -0.2) is 15.9 Å².